The van der Waals surface area contributed by atoms with E-state index in [-0.39, 0.29) is 29.9 Å². The zero-order valence-corrected chi connectivity index (χ0v) is 20.3. The molecule has 2 aromatic rings. The van der Waals surface area contributed by atoms with Crippen LogP contribution in [-0.2, 0) is 19.6 Å². The number of hydrogen-bond donors (Lipinski definition) is 2. The first-order chi connectivity index (χ1) is 13.4. The lowest BCUT2D eigenvalue weighted by Crippen LogP contribution is -2.37. The molecule has 0 unspecified atom stereocenters. The van der Waals surface area contributed by atoms with Gasteiger partial charge < -0.3 is 20.1 Å². The van der Waals surface area contributed by atoms with Crippen molar-refractivity contribution < 1.29 is 4.79 Å². The van der Waals surface area contributed by atoms with Crippen LogP contribution in [0.3, 0.4) is 0 Å². The maximum atomic E-state index is 12.0. The van der Waals surface area contributed by atoms with Gasteiger partial charge in [-0.25, -0.2) is 9.98 Å². The maximum absolute atomic E-state index is 12.0. The number of nitrogens with one attached hydrogen (secondary N) is 2. The minimum Gasteiger partial charge on any atom is -0.357 e. The molecule has 0 aliphatic heterocycles. The molecule has 0 spiro atoms. The van der Waals surface area contributed by atoms with Crippen LogP contribution in [0.4, 0.5) is 0 Å². The van der Waals surface area contributed by atoms with E-state index in [1.54, 1.807) is 19.0 Å². The third-order valence-corrected chi connectivity index (χ3v) is 4.15. The summed E-state index contributed by atoms with van der Waals surface area (Å²) in [6, 6.07) is 7.57. The van der Waals surface area contributed by atoms with Crippen LogP contribution in [0, 0.1) is 5.92 Å². The van der Waals surface area contributed by atoms with E-state index in [9.17, 15) is 4.79 Å². The minimum atomic E-state index is 0. The number of benzene rings is 1. The average molecular weight is 512 g/mol. The molecule has 0 atom stereocenters. The van der Waals surface area contributed by atoms with Crippen molar-refractivity contribution in [1.29, 1.82) is 0 Å². The van der Waals surface area contributed by atoms with Crippen molar-refractivity contribution in [3.05, 3.63) is 53.6 Å². The SMILES string of the molecule is CCNC(=NCc1ccc(C(=O)N(C)C)cc1)NCc1nccn1CC(C)C.I. The maximum Gasteiger partial charge on any atom is 0.253 e. The van der Waals surface area contributed by atoms with Crippen LogP contribution < -0.4 is 10.6 Å². The molecular formula is C21H33IN6O. The molecule has 0 saturated carbocycles. The van der Waals surface area contributed by atoms with Gasteiger partial charge in [-0.1, -0.05) is 26.0 Å². The highest BCUT2D eigenvalue weighted by atomic mass is 127. The molecule has 0 saturated heterocycles. The molecule has 0 aliphatic carbocycles. The quantitative estimate of drug-likeness (QED) is 0.324. The monoisotopic (exact) mass is 512 g/mol. The molecule has 29 heavy (non-hydrogen) atoms. The molecule has 160 valence electrons. The number of guanidine groups is 1. The van der Waals surface area contributed by atoms with E-state index in [2.05, 4.69) is 39.0 Å². The van der Waals surface area contributed by atoms with Crippen LogP contribution in [0.25, 0.3) is 0 Å². The number of aliphatic imine (C=N–C) groups is 1. The molecule has 7 nitrogen and oxygen atoms in total. The van der Waals surface area contributed by atoms with Gasteiger partial charge in [0.2, 0.25) is 0 Å². The Balaban J connectivity index is 0.00000420. The van der Waals surface area contributed by atoms with Crippen molar-refractivity contribution in [3.63, 3.8) is 0 Å². The molecular weight excluding hydrogens is 479 g/mol. The van der Waals surface area contributed by atoms with Crippen molar-refractivity contribution in [2.24, 2.45) is 10.9 Å². The summed E-state index contributed by atoms with van der Waals surface area (Å²) in [5.74, 6) is 2.31. The topological polar surface area (TPSA) is 74.6 Å². The number of carbonyl (C=O) groups is 1. The van der Waals surface area contributed by atoms with Gasteiger partial charge in [-0.2, -0.15) is 0 Å². The van der Waals surface area contributed by atoms with Crippen LogP contribution >= 0.6 is 24.0 Å². The van der Waals surface area contributed by atoms with Crippen molar-refractivity contribution in [2.45, 2.75) is 40.4 Å². The molecule has 2 rings (SSSR count). The summed E-state index contributed by atoms with van der Waals surface area (Å²) < 4.78 is 2.17. The number of rotatable bonds is 8. The number of halogens is 1. The zero-order chi connectivity index (χ0) is 20.5. The first-order valence-electron chi connectivity index (χ1n) is 9.73. The van der Waals surface area contributed by atoms with Crippen molar-refractivity contribution in [1.82, 2.24) is 25.1 Å². The fraction of sp³-hybridized carbons (Fsp3) is 0.476. The third kappa shape index (κ3) is 8.04. The van der Waals surface area contributed by atoms with E-state index in [4.69, 9.17) is 0 Å². The van der Waals surface area contributed by atoms with Crippen LogP contribution in [-0.4, -0.2) is 47.0 Å². The second kappa shape index (κ2) is 12.5. The first-order valence-corrected chi connectivity index (χ1v) is 9.73. The third-order valence-electron chi connectivity index (χ3n) is 4.15. The van der Waals surface area contributed by atoms with Crippen LogP contribution in [0.2, 0.25) is 0 Å². The van der Waals surface area contributed by atoms with Crippen LogP contribution in [0.15, 0.2) is 41.7 Å². The van der Waals surface area contributed by atoms with E-state index in [0.29, 0.717) is 24.6 Å². The Morgan fingerprint density at radius 3 is 2.48 bits per heavy atom. The highest BCUT2D eigenvalue weighted by molar-refractivity contribution is 14.0. The Labute approximate surface area is 191 Å². The average Bonchev–Trinajstić information content (AvgIpc) is 3.10. The molecule has 0 aliphatic rings. The Hall–Kier alpha value is -2.10. The predicted octanol–water partition coefficient (Wildman–Crippen LogP) is 3.11. The Morgan fingerprint density at radius 1 is 1.21 bits per heavy atom. The second-order valence-corrected chi connectivity index (χ2v) is 7.33. The second-order valence-electron chi connectivity index (χ2n) is 7.33. The molecule has 1 aromatic heterocycles. The largest absolute Gasteiger partial charge is 0.357 e. The Morgan fingerprint density at radius 2 is 1.90 bits per heavy atom. The van der Waals surface area contributed by atoms with E-state index >= 15 is 0 Å². The number of hydrogen-bond acceptors (Lipinski definition) is 3. The molecule has 0 radical (unpaired) electrons. The Kier molecular flexibility index (Phi) is 10.7. The van der Waals surface area contributed by atoms with Gasteiger partial charge in [-0.3, -0.25) is 4.79 Å². The van der Waals surface area contributed by atoms with Gasteiger partial charge in [0.1, 0.15) is 5.82 Å². The van der Waals surface area contributed by atoms with E-state index < -0.39 is 0 Å². The molecule has 1 heterocycles. The lowest BCUT2D eigenvalue weighted by atomic mass is 10.1. The van der Waals surface area contributed by atoms with Gasteiger partial charge in [0.15, 0.2) is 5.96 Å². The normalized spacial score (nSPS) is 11.2. The van der Waals surface area contributed by atoms with E-state index in [1.165, 1.54) is 0 Å². The Bertz CT molecular complexity index is 783. The molecule has 0 bridgehead atoms. The number of carbonyl (C=O) groups excluding carboxylic acids is 1. The summed E-state index contributed by atoms with van der Waals surface area (Å²) in [6.45, 7) is 9.30. The fourth-order valence-corrected chi connectivity index (χ4v) is 2.75. The first kappa shape index (κ1) is 24.9. The minimum absolute atomic E-state index is 0. The highest BCUT2D eigenvalue weighted by Gasteiger charge is 2.08. The van der Waals surface area contributed by atoms with Gasteiger partial charge in [0.05, 0.1) is 13.1 Å². The van der Waals surface area contributed by atoms with Crippen LogP contribution in [0.5, 0.6) is 0 Å². The molecule has 8 heteroatoms. The number of imidazole rings is 1. The summed E-state index contributed by atoms with van der Waals surface area (Å²) in [6.07, 6.45) is 3.84. The number of amides is 1. The molecule has 1 aromatic carbocycles. The van der Waals surface area contributed by atoms with Crippen molar-refractivity contribution >= 4 is 35.8 Å². The number of aromatic nitrogens is 2. The lowest BCUT2D eigenvalue weighted by molar-refractivity contribution is 0.0827. The smallest absolute Gasteiger partial charge is 0.253 e. The van der Waals surface area contributed by atoms with Crippen molar-refractivity contribution in [2.75, 3.05) is 20.6 Å². The van der Waals surface area contributed by atoms with Gasteiger partial charge in [0, 0.05) is 45.1 Å². The standard InChI is InChI=1S/C21H32N6O.HI/c1-6-22-21(25-14-19-23-11-12-27(19)15-16(2)3)24-13-17-7-9-18(10-8-17)20(28)26(4)5;/h7-12,16H,6,13-15H2,1-5H3,(H2,22,24,25);1H. The summed E-state index contributed by atoms with van der Waals surface area (Å²) in [4.78, 5) is 22.6. The molecule has 2 N–H and O–H groups in total. The fourth-order valence-electron chi connectivity index (χ4n) is 2.75. The summed E-state index contributed by atoms with van der Waals surface area (Å²) in [5, 5.41) is 6.61. The van der Waals surface area contributed by atoms with Gasteiger partial charge in [-0.15, -0.1) is 24.0 Å². The zero-order valence-electron chi connectivity index (χ0n) is 18.0. The molecule has 1 amide bonds. The summed E-state index contributed by atoms with van der Waals surface area (Å²) in [5.41, 5.74) is 1.73. The van der Waals surface area contributed by atoms with E-state index in [1.807, 2.05) is 43.6 Å². The summed E-state index contributed by atoms with van der Waals surface area (Å²) >= 11 is 0. The van der Waals surface area contributed by atoms with Gasteiger partial charge in [-0.05, 0) is 30.5 Å². The lowest BCUT2D eigenvalue weighted by Gasteiger charge is -2.14. The predicted molar refractivity (Wildman–Crippen MR) is 129 cm³/mol. The number of nitrogens with zero attached hydrogens (tertiary/aromatic N) is 4. The van der Waals surface area contributed by atoms with E-state index in [0.717, 1.165) is 30.4 Å². The van der Waals surface area contributed by atoms with Crippen LogP contribution in [0.1, 0.15) is 42.5 Å². The summed E-state index contributed by atoms with van der Waals surface area (Å²) in [7, 11) is 3.50. The molecule has 0 fully saturated rings. The van der Waals surface area contributed by atoms with Crippen molar-refractivity contribution in [3.8, 4) is 0 Å². The van der Waals surface area contributed by atoms with Gasteiger partial charge >= 0.3 is 0 Å². The highest BCUT2D eigenvalue weighted by Crippen LogP contribution is 2.08. The van der Waals surface area contributed by atoms with Gasteiger partial charge in [0.25, 0.3) is 5.91 Å².